The first-order chi connectivity index (χ1) is 19.3. The number of aromatic nitrogens is 1. The molecule has 1 N–H and O–H groups in total. The molecule has 8 nitrogen and oxygen atoms in total. The quantitative estimate of drug-likeness (QED) is 0.301. The Bertz CT molecular complexity index is 1470. The van der Waals surface area contributed by atoms with Crippen molar-refractivity contribution in [3.05, 3.63) is 92.4 Å². The summed E-state index contributed by atoms with van der Waals surface area (Å²) >= 11 is 6.01. The average molecular weight is 563 g/mol. The average Bonchev–Trinajstić information content (AvgIpc) is 2.92. The van der Waals surface area contributed by atoms with Gasteiger partial charge in [0.25, 0.3) is 11.5 Å². The number of likely N-dealkylation sites (tertiary alicyclic amines) is 1. The molecular weight excluding hydrogens is 528 g/mol. The highest BCUT2D eigenvalue weighted by atomic mass is 35.5. The molecule has 1 saturated heterocycles. The van der Waals surface area contributed by atoms with E-state index in [1.807, 2.05) is 36.6 Å². The largest absolute Gasteiger partial charge is 0.494 e. The fourth-order valence-corrected chi connectivity index (χ4v) is 5.94. The summed E-state index contributed by atoms with van der Waals surface area (Å²) in [5.41, 5.74) is 6.59. The van der Waals surface area contributed by atoms with Crippen LogP contribution in [0.1, 0.15) is 48.6 Å². The smallest absolute Gasteiger partial charge is 0.280 e. The summed E-state index contributed by atoms with van der Waals surface area (Å²) in [6.45, 7) is 9.44. The molecule has 1 aromatic heterocycles. The Morgan fingerprint density at radius 1 is 1.15 bits per heavy atom. The van der Waals surface area contributed by atoms with Gasteiger partial charge >= 0.3 is 0 Å². The first-order valence-electron chi connectivity index (χ1n) is 13.7. The van der Waals surface area contributed by atoms with Gasteiger partial charge in [0.15, 0.2) is 6.10 Å². The van der Waals surface area contributed by atoms with E-state index in [2.05, 4.69) is 27.6 Å². The highest BCUT2D eigenvalue weighted by Gasteiger charge is 2.34. The molecule has 1 amide bonds. The van der Waals surface area contributed by atoms with Gasteiger partial charge in [-0.15, -0.1) is 0 Å². The number of hydrazone groups is 1. The summed E-state index contributed by atoms with van der Waals surface area (Å²) in [6, 6.07) is 16.8. The molecule has 2 aliphatic heterocycles. The minimum absolute atomic E-state index is 0.0967. The van der Waals surface area contributed by atoms with Crippen LogP contribution in [0.5, 0.6) is 11.5 Å². The zero-order chi connectivity index (χ0) is 28.2. The monoisotopic (exact) mass is 562 g/mol. The van der Waals surface area contributed by atoms with Gasteiger partial charge in [0.2, 0.25) is 0 Å². The number of amides is 1. The number of carbonyl (C=O) groups excluding carboxylic acids is 1. The van der Waals surface area contributed by atoms with Crippen LogP contribution in [0.2, 0.25) is 5.02 Å². The maximum absolute atomic E-state index is 12.6. The number of halogens is 1. The van der Waals surface area contributed by atoms with Crippen LogP contribution in [0.15, 0.2) is 64.5 Å². The number of hydrogen-bond donors (Lipinski definition) is 1. The molecule has 9 heteroatoms. The van der Waals surface area contributed by atoms with E-state index in [0.29, 0.717) is 29.2 Å². The molecule has 3 heterocycles. The second-order valence-electron chi connectivity index (χ2n) is 10.6. The van der Waals surface area contributed by atoms with E-state index in [4.69, 9.17) is 21.1 Å². The van der Waals surface area contributed by atoms with Crippen LogP contribution in [0, 0.1) is 12.8 Å². The zero-order valence-corrected chi connectivity index (χ0v) is 23.9. The lowest BCUT2D eigenvalue weighted by atomic mass is 9.83. The van der Waals surface area contributed by atoms with Crippen LogP contribution in [0.3, 0.4) is 0 Å². The zero-order valence-electron chi connectivity index (χ0n) is 23.1. The molecule has 0 aliphatic carbocycles. The highest BCUT2D eigenvalue weighted by molar-refractivity contribution is 6.30. The summed E-state index contributed by atoms with van der Waals surface area (Å²) in [6.07, 6.45) is 2.02. The normalized spacial score (nSPS) is 19.2. The second kappa shape index (κ2) is 12.3. The van der Waals surface area contributed by atoms with Crippen LogP contribution in [-0.2, 0) is 17.9 Å². The number of rotatable bonds is 9. The Morgan fingerprint density at radius 3 is 2.77 bits per heavy atom. The number of carbonyl (C=O) groups is 1. The number of pyridine rings is 1. The topological polar surface area (TPSA) is 85.2 Å². The molecule has 3 unspecified atom stereocenters. The lowest BCUT2D eigenvalue weighted by molar-refractivity contribution is -0.127. The van der Waals surface area contributed by atoms with Gasteiger partial charge in [-0.1, -0.05) is 17.7 Å². The van der Waals surface area contributed by atoms with E-state index in [1.165, 1.54) is 0 Å². The summed E-state index contributed by atoms with van der Waals surface area (Å²) in [5, 5.41) is 4.79. The van der Waals surface area contributed by atoms with E-state index in [9.17, 15) is 9.59 Å². The third-order valence-corrected chi connectivity index (χ3v) is 7.77. The number of fused-ring (bicyclic) bond motifs is 4. The molecule has 5 rings (SSSR count). The Kier molecular flexibility index (Phi) is 8.57. The minimum atomic E-state index is -0.729. The van der Waals surface area contributed by atoms with Crippen LogP contribution in [0.4, 0.5) is 0 Å². The maximum Gasteiger partial charge on any atom is 0.280 e. The number of nitrogens with one attached hydrogen (secondary N) is 1. The van der Waals surface area contributed by atoms with E-state index < -0.39 is 6.10 Å². The molecule has 40 heavy (non-hydrogen) atoms. The van der Waals surface area contributed by atoms with E-state index in [1.54, 1.807) is 37.4 Å². The second-order valence-corrected chi connectivity index (χ2v) is 11.0. The van der Waals surface area contributed by atoms with Crippen molar-refractivity contribution < 1.29 is 14.3 Å². The lowest BCUT2D eigenvalue weighted by Gasteiger charge is -2.43. The lowest BCUT2D eigenvalue weighted by Crippen LogP contribution is -2.46. The molecule has 2 bridgehead atoms. The van der Waals surface area contributed by atoms with Crippen molar-refractivity contribution in [3.63, 3.8) is 0 Å². The van der Waals surface area contributed by atoms with Crippen molar-refractivity contribution in [3.8, 4) is 11.5 Å². The van der Waals surface area contributed by atoms with Crippen LogP contribution < -0.4 is 20.5 Å². The molecule has 2 aliphatic rings. The predicted octanol–water partition coefficient (Wildman–Crippen LogP) is 4.75. The van der Waals surface area contributed by atoms with E-state index in [0.717, 1.165) is 60.7 Å². The number of aryl methyl sites for hydroxylation is 1. The summed E-state index contributed by atoms with van der Waals surface area (Å²) in [7, 11) is 0. The Morgan fingerprint density at radius 2 is 1.98 bits per heavy atom. The van der Waals surface area contributed by atoms with Crippen molar-refractivity contribution in [1.29, 1.82) is 0 Å². The van der Waals surface area contributed by atoms with Crippen LogP contribution >= 0.6 is 11.6 Å². The van der Waals surface area contributed by atoms with Gasteiger partial charge < -0.3 is 14.0 Å². The van der Waals surface area contributed by atoms with Gasteiger partial charge in [-0.2, -0.15) is 5.10 Å². The maximum atomic E-state index is 12.6. The summed E-state index contributed by atoms with van der Waals surface area (Å²) in [4.78, 5) is 27.4. The predicted molar refractivity (Wildman–Crippen MR) is 156 cm³/mol. The molecule has 0 radical (unpaired) electrons. The first kappa shape index (κ1) is 27.9. The fourth-order valence-electron chi connectivity index (χ4n) is 5.72. The van der Waals surface area contributed by atoms with E-state index >= 15 is 0 Å². The Balaban J connectivity index is 1.24. The molecule has 1 fully saturated rings. The number of piperidine rings is 1. The fraction of sp³-hybridized carbons (Fsp3) is 0.387. The van der Waals surface area contributed by atoms with Gasteiger partial charge in [0, 0.05) is 54.4 Å². The van der Waals surface area contributed by atoms with Gasteiger partial charge in [0.05, 0.1) is 12.8 Å². The van der Waals surface area contributed by atoms with Crippen LogP contribution in [-0.4, -0.2) is 47.4 Å². The molecule has 0 saturated carbocycles. The van der Waals surface area contributed by atoms with Crippen molar-refractivity contribution in [1.82, 2.24) is 14.9 Å². The first-order valence-corrected chi connectivity index (χ1v) is 14.1. The third-order valence-electron chi connectivity index (χ3n) is 7.53. The Hall–Kier alpha value is -3.62. The van der Waals surface area contributed by atoms with Crippen molar-refractivity contribution in [2.24, 2.45) is 11.0 Å². The van der Waals surface area contributed by atoms with Crippen molar-refractivity contribution >= 4 is 23.7 Å². The molecule has 0 spiro atoms. The summed E-state index contributed by atoms with van der Waals surface area (Å²) < 4.78 is 13.7. The Labute approximate surface area is 239 Å². The van der Waals surface area contributed by atoms with Gasteiger partial charge in [0.1, 0.15) is 11.5 Å². The van der Waals surface area contributed by atoms with Gasteiger partial charge in [-0.25, -0.2) is 5.43 Å². The molecular formula is C31H35ClN4O4. The number of benzene rings is 2. The molecule has 2 aromatic carbocycles. The summed E-state index contributed by atoms with van der Waals surface area (Å²) in [5.74, 6) is 1.89. The van der Waals surface area contributed by atoms with Gasteiger partial charge in [-0.05, 0) is 86.7 Å². The molecule has 3 aromatic rings. The number of nitrogens with zero attached hydrogens (tertiary/aromatic N) is 3. The minimum Gasteiger partial charge on any atom is -0.494 e. The highest BCUT2D eigenvalue weighted by Crippen LogP contribution is 2.36. The van der Waals surface area contributed by atoms with Crippen molar-refractivity contribution in [2.45, 2.75) is 52.3 Å². The van der Waals surface area contributed by atoms with Crippen molar-refractivity contribution in [2.75, 3.05) is 19.7 Å². The number of hydrogen-bond acceptors (Lipinski definition) is 6. The molecule has 3 atom stereocenters. The van der Waals surface area contributed by atoms with Crippen LogP contribution in [0.25, 0.3) is 0 Å². The van der Waals surface area contributed by atoms with E-state index in [-0.39, 0.29) is 11.5 Å². The molecule has 210 valence electrons. The standard InChI is InChI=1S/C31H35ClN4O4/c1-4-39-29-10-8-22(15-33-34-31(38)21(3)40-28-11-9-26(32)12-20(28)2)13-25(29)19-35-16-23-14-24(18-35)27-6-5-7-30(37)36(27)17-23/h5-13,15,21,23-24H,4,14,16-19H2,1-3H3,(H,34,38)/b33-15+. The number of ether oxygens (including phenoxy) is 2. The third kappa shape index (κ3) is 6.40. The SMILES string of the molecule is CCOc1ccc(/C=N/NC(=O)C(C)Oc2ccc(Cl)cc2C)cc1CN1CC2CC(C1)c1cccc(=O)n1C2. The van der Waals surface area contributed by atoms with Gasteiger partial charge in [-0.3, -0.25) is 14.5 Å².